The first kappa shape index (κ1) is 15.0. The molecule has 1 aliphatic rings. The number of H-pyrrole nitrogens is 1. The van der Waals surface area contributed by atoms with E-state index in [1.165, 1.54) is 0 Å². The molecule has 1 saturated heterocycles. The number of aromatic nitrogens is 1. The number of rotatable bonds is 1. The number of nitrogens with one attached hydrogen (secondary N) is 1. The molecule has 20 heavy (non-hydrogen) atoms. The Morgan fingerprint density at radius 3 is 2.75 bits per heavy atom. The van der Waals surface area contributed by atoms with Gasteiger partial charge in [-0.05, 0) is 52.2 Å². The van der Waals surface area contributed by atoms with E-state index in [1.807, 2.05) is 44.7 Å². The predicted octanol–water partition coefficient (Wildman–Crippen LogP) is 4.12. The van der Waals surface area contributed by atoms with Crippen LogP contribution in [0.1, 0.15) is 50.9 Å². The lowest BCUT2D eigenvalue weighted by atomic mass is 10.0. The van der Waals surface area contributed by atoms with Crippen molar-refractivity contribution in [3.8, 4) is 0 Å². The number of aromatic amines is 1. The number of aryl methyl sites for hydroxylation is 1. The number of hydrogen-bond acceptors (Lipinski definition) is 3. The smallest absolute Gasteiger partial charge is 0.410 e. The number of ether oxygens (including phenoxy) is 1. The van der Waals surface area contributed by atoms with Crippen molar-refractivity contribution in [1.29, 1.82) is 0 Å². The highest BCUT2D eigenvalue weighted by Crippen LogP contribution is 2.34. The molecule has 5 heteroatoms. The van der Waals surface area contributed by atoms with Gasteiger partial charge in [-0.3, -0.25) is 0 Å². The third-order valence-corrected chi connectivity index (χ3v) is 3.64. The van der Waals surface area contributed by atoms with Crippen LogP contribution in [-0.2, 0) is 4.74 Å². The van der Waals surface area contributed by atoms with Crippen LogP contribution in [-0.4, -0.2) is 28.1 Å². The lowest BCUT2D eigenvalue weighted by molar-refractivity contribution is 0.0224. The molecule has 1 atom stereocenters. The maximum absolute atomic E-state index is 12.3. The second kappa shape index (κ2) is 5.56. The molecule has 1 aromatic heterocycles. The minimum atomic E-state index is -0.462. The zero-order chi connectivity index (χ0) is 14.9. The van der Waals surface area contributed by atoms with Crippen molar-refractivity contribution < 1.29 is 9.53 Å². The number of hydrogen-bond donors (Lipinski definition) is 1. The second-order valence-electron chi connectivity index (χ2n) is 6.23. The Balaban J connectivity index is 2.23. The third-order valence-electron chi connectivity index (χ3n) is 3.40. The summed E-state index contributed by atoms with van der Waals surface area (Å²) in [6.45, 7) is 8.41. The Morgan fingerprint density at radius 2 is 2.15 bits per heavy atom. The van der Waals surface area contributed by atoms with Gasteiger partial charge in [0, 0.05) is 12.2 Å². The van der Waals surface area contributed by atoms with Crippen molar-refractivity contribution >= 4 is 18.3 Å². The molecular weight excluding hydrogens is 272 g/mol. The Hall–Kier alpha value is -1.36. The summed E-state index contributed by atoms with van der Waals surface area (Å²) in [5, 5.41) is 0. The average molecular weight is 294 g/mol. The Labute approximate surface area is 125 Å². The van der Waals surface area contributed by atoms with E-state index in [9.17, 15) is 4.79 Å². The van der Waals surface area contributed by atoms with E-state index in [4.69, 9.17) is 17.0 Å². The summed E-state index contributed by atoms with van der Waals surface area (Å²) in [7, 11) is 0. The molecule has 0 aliphatic carbocycles. The number of carbonyl (C=O) groups excluding carboxylic acids is 1. The van der Waals surface area contributed by atoms with Crippen LogP contribution >= 0.6 is 12.2 Å². The molecule has 1 amide bonds. The van der Waals surface area contributed by atoms with E-state index in [2.05, 4.69) is 4.98 Å². The van der Waals surface area contributed by atoms with Gasteiger partial charge in [-0.2, -0.15) is 0 Å². The first-order valence-electron chi connectivity index (χ1n) is 6.97. The fourth-order valence-corrected chi connectivity index (χ4v) is 2.80. The summed E-state index contributed by atoms with van der Waals surface area (Å²) in [6, 6.07) is 3.97. The molecule has 2 heterocycles. The van der Waals surface area contributed by atoms with Crippen molar-refractivity contribution in [3.05, 3.63) is 28.0 Å². The summed E-state index contributed by atoms with van der Waals surface area (Å²) >= 11 is 5.13. The SMILES string of the molecule is Cc1[nH]c(=S)ccc1[C@H]1CCCN1C(=O)OC(C)(C)C. The fraction of sp³-hybridized carbons (Fsp3) is 0.600. The molecular formula is C15H22N2O2S. The van der Waals surface area contributed by atoms with Crippen molar-refractivity contribution in [1.82, 2.24) is 9.88 Å². The van der Waals surface area contributed by atoms with Crippen LogP contribution in [0.5, 0.6) is 0 Å². The summed E-state index contributed by atoms with van der Waals surface area (Å²) in [6.07, 6.45) is 1.73. The van der Waals surface area contributed by atoms with E-state index in [0.29, 0.717) is 4.64 Å². The number of nitrogens with zero attached hydrogens (tertiary/aromatic N) is 1. The topological polar surface area (TPSA) is 45.3 Å². The van der Waals surface area contributed by atoms with Crippen LogP contribution in [0.3, 0.4) is 0 Å². The lowest BCUT2D eigenvalue weighted by Crippen LogP contribution is -2.36. The van der Waals surface area contributed by atoms with Gasteiger partial charge in [0.2, 0.25) is 0 Å². The number of amides is 1. The van der Waals surface area contributed by atoms with Crippen LogP contribution in [0.15, 0.2) is 12.1 Å². The molecule has 2 rings (SSSR count). The normalized spacial score (nSPS) is 19.2. The standard InChI is InChI=1S/C15H22N2O2S/c1-10-11(7-8-13(20)16-10)12-6-5-9-17(12)14(18)19-15(2,3)4/h7-8,12H,5-6,9H2,1-4H3,(H,16,20)/t12-/m1/s1. The van der Waals surface area contributed by atoms with Crippen LogP contribution in [0.4, 0.5) is 4.79 Å². The zero-order valence-electron chi connectivity index (χ0n) is 12.5. The van der Waals surface area contributed by atoms with E-state index >= 15 is 0 Å². The molecule has 110 valence electrons. The Morgan fingerprint density at radius 1 is 1.45 bits per heavy atom. The Kier molecular flexibility index (Phi) is 4.18. The quantitative estimate of drug-likeness (QED) is 0.792. The molecule has 0 saturated carbocycles. The summed E-state index contributed by atoms with van der Waals surface area (Å²) < 4.78 is 6.21. The number of pyridine rings is 1. The Bertz CT molecular complexity index is 560. The second-order valence-corrected chi connectivity index (χ2v) is 6.67. The van der Waals surface area contributed by atoms with Gasteiger partial charge in [0.15, 0.2) is 0 Å². The molecule has 4 nitrogen and oxygen atoms in total. The van der Waals surface area contributed by atoms with Gasteiger partial charge in [-0.1, -0.05) is 18.3 Å². The van der Waals surface area contributed by atoms with Crippen molar-refractivity contribution in [3.63, 3.8) is 0 Å². The van der Waals surface area contributed by atoms with Gasteiger partial charge in [-0.15, -0.1) is 0 Å². The molecule has 0 unspecified atom stereocenters. The zero-order valence-corrected chi connectivity index (χ0v) is 13.3. The maximum atomic E-state index is 12.3. The van der Waals surface area contributed by atoms with Crippen LogP contribution in [0, 0.1) is 11.6 Å². The molecule has 0 radical (unpaired) electrons. The van der Waals surface area contributed by atoms with Crippen molar-refractivity contribution in [2.45, 2.75) is 52.2 Å². The summed E-state index contributed by atoms with van der Waals surface area (Å²) in [5.41, 5.74) is 1.69. The largest absolute Gasteiger partial charge is 0.444 e. The summed E-state index contributed by atoms with van der Waals surface area (Å²) in [5.74, 6) is 0. The molecule has 0 spiro atoms. The minimum Gasteiger partial charge on any atom is -0.444 e. The molecule has 1 aromatic rings. The lowest BCUT2D eigenvalue weighted by Gasteiger charge is -2.29. The molecule has 1 N–H and O–H groups in total. The van der Waals surface area contributed by atoms with Gasteiger partial charge < -0.3 is 14.6 Å². The van der Waals surface area contributed by atoms with Gasteiger partial charge in [-0.25, -0.2) is 4.79 Å². The highest BCUT2D eigenvalue weighted by molar-refractivity contribution is 7.71. The van der Waals surface area contributed by atoms with Crippen molar-refractivity contribution in [2.24, 2.45) is 0 Å². The molecule has 1 aliphatic heterocycles. The fourth-order valence-electron chi connectivity index (χ4n) is 2.58. The van der Waals surface area contributed by atoms with E-state index in [-0.39, 0.29) is 12.1 Å². The maximum Gasteiger partial charge on any atom is 0.410 e. The molecule has 0 bridgehead atoms. The number of likely N-dealkylation sites (tertiary alicyclic amines) is 1. The molecule has 1 fully saturated rings. The molecule has 0 aromatic carbocycles. The van der Waals surface area contributed by atoms with Crippen LogP contribution in [0.2, 0.25) is 0 Å². The summed E-state index contributed by atoms with van der Waals surface area (Å²) in [4.78, 5) is 17.3. The highest BCUT2D eigenvalue weighted by Gasteiger charge is 2.33. The van der Waals surface area contributed by atoms with Crippen molar-refractivity contribution in [2.75, 3.05) is 6.54 Å². The van der Waals surface area contributed by atoms with Gasteiger partial charge >= 0.3 is 6.09 Å². The van der Waals surface area contributed by atoms with Crippen LogP contribution < -0.4 is 0 Å². The predicted molar refractivity (Wildman–Crippen MR) is 81.3 cm³/mol. The monoisotopic (exact) mass is 294 g/mol. The van der Waals surface area contributed by atoms with Crippen LogP contribution in [0.25, 0.3) is 0 Å². The van der Waals surface area contributed by atoms with E-state index in [1.54, 1.807) is 0 Å². The highest BCUT2D eigenvalue weighted by atomic mass is 32.1. The first-order valence-corrected chi connectivity index (χ1v) is 7.38. The van der Waals surface area contributed by atoms with Gasteiger partial charge in [0.05, 0.1) is 6.04 Å². The van der Waals surface area contributed by atoms with E-state index in [0.717, 1.165) is 30.6 Å². The van der Waals surface area contributed by atoms with E-state index < -0.39 is 5.60 Å². The number of carbonyl (C=O) groups is 1. The first-order chi connectivity index (χ1) is 9.28. The van der Waals surface area contributed by atoms with Gasteiger partial charge in [0.1, 0.15) is 10.2 Å². The average Bonchev–Trinajstić information content (AvgIpc) is 2.75. The third kappa shape index (κ3) is 3.39. The minimum absolute atomic E-state index is 0.0803. The van der Waals surface area contributed by atoms with Gasteiger partial charge in [0.25, 0.3) is 0 Å².